The molecule has 34 heavy (non-hydrogen) atoms. The predicted molar refractivity (Wildman–Crippen MR) is 112 cm³/mol. The first-order valence-corrected chi connectivity index (χ1v) is 10.8. The Morgan fingerprint density at radius 2 is 1.53 bits per heavy atom. The molecule has 0 saturated carbocycles. The van der Waals surface area contributed by atoms with E-state index < -0.39 is 12.8 Å². The molecule has 0 radical (unpaired) electrons. The molecule has 0 aliphatic carbocycles. The van der Waals surface area contributed by atoms with Gasteiger partial charge in [0.15, 0.2) is 18.1 Å². The molecule has 0 bridgehead atoms. The topological polar surface area (TPSA) is 96.5 Å². The fourth-order valence-corrected chi connectivity index (χ4v) is 3.80. The van der Waals surface area contributed by atoms with Crippen molar-refractivity contribution in [1.29, 1.82) is 0 Å². The van der Waals surface area contributed by atoms with E-state index in [2.05, 4.69) is 0 Å². The van der Waals surface area contributed by atoms with Gasteiger partial charge in [-0.3, -0.25) is 24.1 Å². The molecule has 1 aromatic carbocycles. The number of carbonyl (C=O) groups excluding carboxylic acids is 4. The van der Waals surface area contributed by atoms with Gasteiger partial charge in [-0.25, -0.2) is 0 Å². The summed E-state index contributed by atoms with van der Waals surface area (Å²) in [7, 11) is 1.32. The van der Waals surface area contributed by atoms with Crippen LogP contribution in [0.3, 0.4) is 0 Å². The Hall–Kier alpha value is -3.31. The number of likely N-dealkylation sites (tertiary alicyclic amines) is 1. The van der Waals surface area contributed by atoms with Crippen LogP contribution in [0.5, 0.6) is 11.5 Å². The smallest absolute Gasteiger partial charge is 0.422 e. The van der Waals surface area contributed by atoms with Crippen LogP contribution in [-0.2, 0) is 25.6 Å². The number of benzene rings is 1. The van der Waals surface area contributed by atoms with Gasteiger partial charge in [0.2, 0.25) is 23.6 Å². The Balaban J connectivity index is 1.45. The Bertz CT molecular complexity index is 928. The Kier molecular flexibility index (Phi) is 8.00. The van der Waals surface area contributed by atoms with Gasteiger partial charge in [-0.2, -0.15) is 13.2 Å². The van der Waals surface area contributed by atoms with Crippen LogP contribution in [0.2, 0.25) is 0 Å². The molecule has 2 heterocycles. The van der Waals surface area contributed by atoms with Gasteiger partial charge in [-0.1, -0.05) is 6.07 Å². The molecule has 2 aliphatic heterocycles. The zero-order valence-corrected chi connectivity index (χ0v) is 18.7. The molecule has 12 heteroatoms. The number of ether oxygens (including phenoxy) is 2. The van der Waals surface area contributed by atoms with E-state index in [9.17, 15) is 32.3 Å². The van der Waals surface area contributed by atoms with Crippen molar-refractivity contribution in [2.24, 2.45) is 0 Å². The van der Waals surface area contributed by atoms with Gasteiger partial charge in [0, 0.05) is 45.4 Å². The fraction of sp³-hybridized carbons (Fsp3) is 0.545. The molecule has 2 fully saturated rings. The number of amides is 4. The third kappa shape index (κ3) is 6.61. The standard InChI is InChI=1S/C22H26F3N3O6/c1-33-17-12-15(2-4-16(17)34-14-22(23,24)25)3-5-18(29)26-8-10-27(11-9-26)21(32)13-28-19(30)6-7-20(28)31/h2,4,12H,3,5-11,13-14H2,1H3. The molecular weight excluding hydrogens is 459 g/mol. The summed E-state index contributed by atoms with van der Waals surface area (Å²) in [5.41, 5.74) is 0.707. The van der Waals surface area contributed by atoms with E-state index in [4.69, 9.17) is 9.47 Å². The molecular formula is C22H26F3N3O6. The normalized spacial score (nSPS) is 16.8. The number of nitrogens with zero attached hydrogens (tertiary/aromatic N) is 3. The lowest BCUT2D eigenvalue weighted by Gasteiger charge is -2.35. The second-order valence-electron chi connectivity index (χ2n) is 8.02. The van der Waals surface area contributed by atoms with Crippen molar-refractivity contribution in [1.82, 2.24) is 14.7 Å². The maximum absolute atomic E-state index is 12.6. The zero-order valence-electron chi connectivity index (χ0n) is 18.7. The summed E-state index contributed by atoms with van der Waals surface area (Å²) in [4.78, 5) is 52.5. The van der Waals surface area contributed by atoms with Crippen LogP contribution in [0, 0.1) is 0 Å². The summed E-state index contributed by atoms with van der Waals surface area (Å²) in [5.74, 6) is -1.01. The first-order chi connectivity index (χ1) is 16.1. The number of piperazine rings is 1. The van der Waals surface area contributed by atoms with Crippen LogP contribution >= 0.6 is 0 Å². The molecule has 2 saturated heterocycles. The highest BCUT2D eigenvalue weighted by Crippen LogP contribution is 2.30. The summed E-state index contributed by atoms with van der Waals surface area (Å²) in [5, 5.41) is 0. The van der Waals surface area contributed by atoms with Crippen LogP contribution in [0.4, 0.5) is 13.2 Å². The van der Waals surface area contributed by atoms with E-state index in [1.807, 2.05) is 0 Å². The third-order valence-corrected chi connectivity index (χ3v) is 5.68. The lowest BCUT2D eigenvalue weighted by Crippen LogP contribution is -2.53. The molecule has 0 atom stereocenters. The SMILES string of the molecule is COc1cc(CCC(=O)N2CCN(C(=O)CN3C(=O)CCC3=O)CC2)ccc1OCC(F)(F)F. The second-order valence-corrected chi connectivity index (χ2v) is 8.02. The lowest BCUT2D eigenvalue weighted by molar-refractivity contribution is -0.153. The minimum absolute atomic E-state index is 0.0342. The van der Waals surface area contributed by atoms with Gasteiger partial charge >= 0.3 is 6.18 Å². The average Bonchev–Trinajstić information content (AvgIpc) is 3.13. The van der Waals surface area contributed by atoms with Crippen LogP contribution in [-0.4, -0.2) is 90.9 Å². The third-order valence-electron chi connectivity index (χ3n) is 5.68. The minimum Gasteiger partial charge on any atom is -0.493 e. The van der Waals surface area contributed by atoms with Crippen molar-refractivity contribution in [3.8, 4) is 11.5 Å². The first-order valence-electron chi connectivity index (χ1n) is 10.8. The highest BCUT2D eigenvalue weighted by molar-refractivity contribution is 6.04. The molecule has 4 amide bonds. The number of aryl methyl sites for hydroxylation is 1. The van der Waals surface area contributed by atoms with Gasteiger partial charge in [0.05, 0.1) is 7.11 Å². The molecule has 1 aromatic rings. The summed E-state index contributed by atoms with van der Waals surface area (Å²) >= 11 is 0. The minimum atomic E-state index is -4.46. The number of hydrogen-bond donors (Lipinski definition) is 0. The first kappa shape index (κ1) is 25.3. The Morgan fingerprint density at radius 3 is 2.09 bits per heavy atom. The van der Waals surface area contributed by atoms with E-state index in [1.54, 1.807) is 11.0 Å². The number of halogens is 3. The van der Waals surface area contributed by atoms with Crippen molar-refractivity contribution >= 4 is 23.6 Å². The van der Waals surface area contributed by atoms with E-state index in [0.29, 0.717) is 38.2 Å². The van der Waals surface area contributed by atoms with E-state index in [0.717, 1.165) is 4.90 Å². The number of alkyl halides is 3. The van der Waals surface area contributed by atoms with Crippen LogP contribution in [0.25, 0.3) is 0 Å². The van der Waals surface area contributed by atoms with Crippen molar-refractivity contribution in [2.45, 2.75) is 31.9 Å². The van der Waals surface area contributed by atoms with Gasteiger partial charge in [0.25, 0.3) is 0 Å². The van der Waals surface area contributed by atoms with E-state index >= 15 is 0 Å². The molecule has 0 aromatic heterocycles. The number of hydrogen-bond acceptors (Lipinski definition) is 6. The van der Waals surface area contributed by atoms with Gasteiger partial charge in [-0.15, -0.1) is 0 Å². The van der Waals surface area contributed by atoms with Crippen molar-refractivity contribution in [3.05, 3.63) is 23.8 Å². The molecule has 9 nitrogen and oxygen atoms in total. The van der Waals surface area contributed by atoms with Gasteiger partial charge in [0.1, 0.15) is 6.54 Å². The number of methoxy groups -OCH3 is 1. The maximum atomic E-state index is 12.6. The summed E-state index contributed by atoms with van der Waals surface area (Å²) in [6.45, 7) is -0.420. The molecule has 0 N–H and O–H groups in total. The van der Waals surface area contributed by atoms with E-state index in [1.165, 1.54) is 24.1 Å². The van der Waals surface area contributed by atoms with Crippen molar-refractivity contribution in [2.75, 3.05) is 46.4 Å². The van der Waals surface area contributed by atoms with E-state index in [-0.39, 0.29) is 60.9 Å². The van der Waals surface area contributed by atoms with Crippen LogP contribution in [0.15, 0.2) is 18.2 Å². The van der Waals surface area contributed by atoms with Crippen LogP contribution < -0.4 is 9.47 Å². The summed E-state index contributed by atoms with van der Waals surface area (Å²) in [6, 6.07) is 4.50. The zero-order chi connectivity index (χ0) is 24.9. The molecule has 3 rings (SSSR count). The fourth-order valence-electron chi connectivity index (χ4n) is 3.80. The van der Waals surface area contributed by atoms with Crippen LogP contribution in [0.1, 0.15) is 24.8 Å². The van der Waals surface area contributed by atoms with Crippen molar-refractivity contribution in [3.63, 3.8) is 0 Å². The Morgan fingerprint density at radius 1 is 0.941 bits per heavy atom. The largest absolute Gasteiger partial charge is 0.493 e. The highest BCUT2D eigenvalue weighted by Gasteiger charge is 2.33. The molecule has 0 unspecified atom stereocenters. The number of imide groups is 1. The van der Waals surface area contributed by atoms with Gasteiger partial charge < -0.3 is 19.3 Å². The summed E-state index contributed by atoms with van der Waals surface area (Å²) in [6.07, 6.45) is -3.68. The monoisotopic (exact) mass is 485 g/mol. The lowest BCUT2D eigenvalue weighted by atomic mass is 10.1. The predicted octanol–water partition coefficient (Wildman–Crippen LogP) is 1.39. The van der Waals surface area contributed by atoms with Crippen molar-refractivity contribution < 1.29 is 41.8 Å². The average molecular weight is 485 g/mol. The second kappa shape index (κ2) is 10.7. The molecule has 186 valence electrons. The summed E-state index contributed by atoms with van der Waals surface area (Å²) < 4.78 is 47.0. The number of rotatable bonds is 8. The highest BCUT2D eigenvalue weighted by atomic mass is 19.4. The molecule has 2 aliphatic rings. The Labute approximate surface area is 194 Å². The quantitative estimate of drug-likeness (QED) is 0.517. The number of carbonyl (C=O) groups is 4. The molecule has 0 spiro atoms. The van der Waals surface area contributed by atoms with Gasteiger partial charge in [-0.05, 0) is 24.1 Å². The maximum Gasteiger partial charge on any atom is 0.422 e.